The van der Waals surface area contributed by atoms with E-state index in [0.717, 1.165) is 5.56 Å². The van der Waals surface area contributed by atoms with Crippen LogP contribution in [0.15, 0.2) is 48.5 Å². The van der Waals surface area contributed by atoms with Gasteiger partial charge in [-0.3, -0.25) is 4.79 Å². The number of carbonyl (C=O) groups is 1. The van der Waals surface area contributed by atoms with Crippen LogP contribution in [0.2, 0.25) is 5.02 Å². The normalized spacial score (nSPS) is 10.6. The maximum absolute atomic E-state index is 13.0. The molecule has 0 fully saturated rings. The van der Waals surface area contributed by atoms with Gasteiger partial charge in [-0.1, -0.05) is 23.7 Å². The van der Waals surface area contributed by atoms with Crippen molar-refractivity contribution in [1.82, 2.24) is 20.1 Å². The van der Waals surface area contributed by atoms with E-state index in [4.69, 9.17) is 11.6 Å². The molecule has 0 bridgehead atoms. The second-order valence-corrected chi connectivity index (χ2v) is 5.62. The minimum Gasteiger partial charge on any atom is -0.345 e. The summed E-state index contributed by atoms with van der Waals surface area (Å²) in [5.41, 5.74) is 1.51. The van der Waals surface area contributed by atoms with Gasteiger partial charge in [0, 0.05) is 11.6 Å². The number of hydrogen-bond acceptors (Lipinski definition) is 3. The fourth-order valence-electron chi connectivity index (χ4n) is 2.22. The Morgan fingerprint density at radius 2 is 2.00 bits per heavy atom. The van der Waals surface area contributed by atoms with E-state index in [0.29, 0.717) is 23.1 Å². The molecule has 1 amide bonds. The smallest absolute Gasteiger partial charge is 0.291 e. The highest BCUT2D eigenvalue weighted by atomic mass is 35.5. The lowest BCUT2D eigenvalue weighted by Crippen LogP contribution is -2.24. The molecule has 122 valence electrons. The Morgan fingerprint density at radius 1 is 1.25 bits per heavy atom. The Kier molecular flexibility index (Phi) is 4.57. The van der Waals surface area contributed by atoms with Crippen molar-refractivity contribution in [3.63, 3.8) is 0 Å². The van der Waals surface area contributed by atoms with Crippen LogP contribution in [0.25, 0.3) is 5.69 Å². The first-order chi connectivity index (χ1) is 11.5. The Morgan fingerprint density at radius 3 is 2.71 bits per heavy atom. The average Bonchev–Trinajstić information content (AvgIpc) is 2.95. The molecule has 0 unspecified atom stereocenters. The zero-order chi connectivity index (χ0) is 17.1. The second kappa shape index (κ2) is 6.80. The third kappa shape index (κ3) is 3.60. The molecule has 0 spiro atoms. The summed E-state index contributed by atoms with van der Waals surface area (Å²) in [5, 5.41) is 7.54. The summed E-state index contributed by atoms with van der Waals surface area (Å²) >= 11 is 5.91. The molecule has 1 heterocycles. The fourth-order valence-corrected chi connectivity index (χ4v) is 2.43. The summed E-state index contributed by atoms with van der Waals surface area (Å²) in [4.78, 5) is 16.4. The molecule has 0 aliphatic carbocycles. The molecule has 1 aromatic heterocycles. The van der Waals surface area contributed by atoms with E-state index < -0.39 is 0 Å². The van der Waals surface area contributed by atoms with Crippen molar-refractivity contribution in [2.24, 2.45) is 0 Å². The van der Waals surface area contributed by atoms with Gasteiger partial charge in [-0.05, 0) is 48.9 Å². The Balaban J connectivity index is 1.74. The van der Waals surface area contributed by atoms with Crippen molar-refractivity contribution in [3.05, 3.63) is 76.6 Å². The third-order valence-corrected chi connectivity index (χ3v) is 3.62. The molecule has 0 atom stereocenters. The highest BCUT2D eigenvalue weighted by molar-refractivity contribution is 6.30. The maximum Gasteiger partial charge on any atom is 0.291 e. The fraction of sp³-hybridized carbons (Fsp3) is 0.118. The topological polar surface area (TPSA) is 59.8 Å². The van der Waals surface area contributed by atoms with Crippen molar-refractivity contribution in [1.29, 1.82) is 0 Å². The third-order valence-electron chi connectivity index (χ3n) is 3.39. The zero-order valence-electron chi connectivity index (χ0n) is 12.8. The van der Waals surface area contributed by atoms with Gasteiger partial charge in [0.05, 0.1) is 5.69 Å². The summed E-state index contributed by atoms with van der Waals surface area (Å²) in [6.07, 6.45) is 0. The summed E-state index contributed by atoms with van der Waals surface area (Å²) < 4.78 is 14.5. The van der Waals surface area contributed by atoms with Crippen LogP contribution in [0.1, 0.15) is 22.0 Å². The van der Waals surface area contributed by atoms with Crippen molar-refractivity contribution in [3.8, 4) is 5.69 Å². The predicted molar refractivity (Wildman–Crippen MR) is 88.7 cm³/mol. The molecular formula is C17H14ClFN4O. The van der Waals surface area contributed by atoms with Gasteiger partial charge in [0.2, 0.25) is 5.82 Å². The number of aromatic nitrogens is 3. The van der Waals surface area contributed by atoms with Gasteiger partial charge in [-0.2, -0.15) is 0 Å². The molecule has 2 aromatic carbocycles. The summed E-state index contributed by atoms with van der Waals surface area (Å²) in [6, 6.07) is 13.0. The lowest BCUT2D eigenvalue weighted by molar-refractivity contribution is 0.0940. The van der Waals surface area contributed by atoms with Crippen LogP contribution in [0.4, 0.5) is 4.39 Å². The van der Waals surface area contributed by atoms with Crippen molar-refractivity contribution in [2.75, 3.05) is 0 Å². The monoisotopic (exact) mass is 344 g/mol. The number of aryl methyl sites for hydroxylation is 1. The molecule has 0 saturated carbocycles. The maximum atomic E-state index is 13.0. The molecule has 3 rings (SSSR count). The van der Waals surface area contributed by atoms with Gasteiger partial charge in [-0.25, -0.2) is 14.1 Å². The van der Waals surface area contributed by atoms with Crippen LogP contribution in [0.3, 0.4) is 0 Å². The van der Waals surface area contributed by atoms with Crippen LogP contribution < -0.4 is 5.32 Å². The number of rotatable bonds is 4. The minimum absolute atomic E-state index is 0.0545. The van der Waals surface area contributed by atoms with Gasteiger partial charge >= 0.3 is 0 Å². The van der Waals surface area contributed by atoms with Gasteiger partial charge in [0.1, 0.15) is 11.6 Å². The SMILES string of the molecule is Cc1nc(C(=O)NCc2cccc(Cl)c2)nn1-c1ccc(F)cc1. The molecule has 1 N–H and O–H groups in total. The van der Waals surface area contributed by atoms with Crippen LogP contribution >= 0.6 is 11.6 Å². The molecule has 0 radical (unpaired) electrons. The second-order valence-electron chi connectivity index (χ2n) is 5.18. The number of halogens is 2. The highest BCUT2D eigenvalue weighted by Gasteiger charge is 2.15. The lowest BCUT2D eigenvalue weighted by Gasteiger charge is -2.03. The Bertz CT molecular complexity index is 877. The van der Waals surface area contributed by atoms with E-state index >= 15 is 0 Å². The van der Waals surface area contributed by atoms with Crippen LogP contribution in [0, 0.1) is 12.7 Å². The van der Waals surface area contributed by atoms with E-state index in [1.807, 2.05) is 12.1 Å². The van der Waals surface area contributed by atoms with Gasteiger partial charge in [0.15, 0.2) is 0 Å². The van der Waals surface area contributed by atoms with E-state index in [1.54, 1.807) is 31.2 Å². The van der Waals surface area contributed by atoms with Crippen LogP contribution in [0.5, 0.6) is 0 Å². The largest absolute Gasteiger partial charge is 0.345 e. The highest BCUT2D eigenvalue weighted by Crippen LogP contribution is 2.12. The molecule has 24 heavy (non-hydrogen) atoms. The summed E-state index contributed by atoms with van der Waals surface area (Å²) in [5.74, 6) is -0.136. The lowest BCUT2D eigenvalue weighted by atomic mass is 10.2. The predicted octanol–water partition coefficient (Wildman–Crippen LogP) is 3.30. The molecule has 3 aromatic rings. The number of hydrogen-bond donors (Lipinski definition) is 1. The van der Waals surface area contributed by atoms with Gasteiger partial charge < -0.3 is 5.32 Å². The van der Waals surface area contributed by atoms with Crippen LogP contribution in [-0.4, -0.2) is 20.7 Å². The molecule has 5 nitrogen and oxygen atoms in total. The number of nitrogens with zero attached hydrogens (tertiary/aromatic N) is 3. The zero-order valence-corrected chi connectivity index (χ0v) is 13.6. The minimum atomic E-state index is -0.390. The van der Waals surface area contributed by atoms with Crippen molar-refractivity contribution < 1.29 is 9.18 Å². The number of benzene rings is 2. The number of carbonyl (C=O) groups excluding carboxylic acids is 1. The van der Waals surface area contributed by atoms with Gasteiger partial charge in [-0.15, -0.1) is 5.10 Å². The Labute approximate surface area is 143 Å². The Hall–Kier alpha value is -2.73. The van der Waals surface area contributed by atoms with E-state index in [9.17, 15) is 9.18 Å². The first-order valence-corrected chi connectivity index (χ1v) is 7.63. The first kappa shape index (κ1) is 16.1. The van der Waals surface area contributed by atoms with Crippen LogP contribution in [-0.2, 0) is 6.54 Å². The summed E-state index contributed by atoms with van der Waals surface area (Å²) in [6.45, 7) is 2.05. The van der Waals surface area contributed by atoms with E-state index in [-0.39, 0.29) is 17.5 Å². The van der Waals surface area contributed by atoms with E-state index in [1.165, 1.54) is 16.8 Å². The van der Waals surface area contributed by atoms with Crippen molar-refractivity contribution in [2.45, 2.75) is 13.5 Å². The van der Waals surface area contributed by atoms with E-state index in [2.05, 4.69) is 15.4 Å². The molecule has 0 saturated heterocycles. The quantitative estimate of drug-likeness (QED) is 0.790. The molecule has 0 aliphatic heterocycles. The first-order valence-electron chi connectivity index (χ1n) is 7.25. The molecular weight excluding hydrogens is 331 g/mol. The standard InChI is InChI=1S/C17H14ClFN4O/c1-11-21-16(22-23(11)15-7-5-14(19)6-8-15)17(24)20-10-12-3-2-4-13(18)9-12/h2-9H,10H2,1H3,(H,20,24). The average molecular weight is 345 g/mol. The van der Waals surface area contributed by atoms with Gasteiger partial charge in [0.25, 0.3) is 5.91 Å². The summed E-state index contributed by atoms with van der Waals surface area (Å²) in [7, 11) is 0. The molecule has 7 heteroatoms. The van der Waals surface area contributed by atoms with Crippen molar-refractivity contribution >= 4 is 17.5 Å². The number of amides is 1. The molecule has 0 aliphatic rings. The number of nitrogens with one attached hydrogen (secondary N) is 1.